The zero-order chi connectivity index (χ0) is 14.1. The van der Waals surface area contributed by atoms with Gasteiger partial charge in [0.05, 0.1) is 6.33 Å². The molecule has 2 aromatic rings. The first-order valence-corrected chi connectivity index (χ1v) is 7.40. The van der Waals surface area contributed by atoms with Crippen LogP contribution < -0.4 is 10.2 Å². The molecule has 1 saturated carbocycles. The molecule has 1 aliphatic carbocycles. The Kier molecular flexibility index (Phi) is 3.46. The zero-order valence-corrected chi connectivity index (χ0v) is 12.3. The first-order chi connectivity index (χ1) is 9.69. The van der Waals surface area contributed by atoms with Crippen molar-refractivity contribution in [3.63, 3.8) is 0 Å². The Hall–Kier alpha value is -1.85. The van der Waals surface area contributed by atoms with Gasteiger partial charge >= 0.3 is 0 Å². The predicted octanol–water partition coefficient (Wildman–Crippen LogP) is 2.41. The lowest BCUT2D eigenvalue weighted by atomic mass is 10.2. The molecule has 108 valence electrons. The lowest BCUT2D eigenvalue weighted by Crippen LogP contribution is -2.31. The predicted molar refractivity (Wildman–Crippen MR) is 81.1 cm³/mol. The quantitative estimate of drug-likeness (QED) is 0.846. The number of imidazole rings is 1. The van der Waals surface area contributed by atoms with Crippen molar-refractivity contribution in [3.05, 3.63) is 6.33 Å². The third-order valence-electron chi connectivity index (χ3n) is 3.42. The van der Waals surface area contributed by atoms with E-state index in [9.17, 15) is 0 Å². The van der Waals surface area contributed by atoms with Crippen molar-refractivity contribution in [1.82, 2.24) is 19.9 Å². The van der Waals surface area contributed by atoms with Gasteiger partial charge < -0.3 is 15.2 Å². The van der Waals surface area contributed by atoms with E-state index in [1.54, 1.807) is 6.33 Å². The van der Waals surface area contributed by atoms with Crippen LogP contribution in [0.25, 0.3) is 11.2 Å². The van der Waals surface area contributed by atoms with Crippen molar-refractivity contribution in [2.45, 2.75) is 39.7 Å². The SMILES string of the molecule is CCNc1nc(N(CC(C)C)C2CC2)c2[nH]cnc2n1. The first-order valence-electron chi connectivity index (χ1n) is 7.40. The topological polar surface area (TPSA) is 69.7 Å². The highest BCUT2D eigenvalue weighted by molar-refractivity contribution is 5.84. The summed E-state index contributed by atoms with van der Waals surface area (Å²) in [7, 11) is 0. The van der Waals surface area contributed by atoms with Gasteiger partial charge in [-0.15, -0.1) is 0 Å². The Bertz CT molecular complexity index is 586. The molecule has 0 aromatic carbocycles. The van der Waals surface area contributed by atoms with Gasteiger partial charge in [0.15, 0.2) is 11.5 Å². The van der Waals surface area contributed by atoms with Crippen LogP contribution in [-0.2, 0) is 0 Å². The lowest BCUT2D eigenvalue weighted by Gasteiger charge is -2.26. The van der Waals surface area contributed by atoms with E-state index in [0.29, 0.717) is 17.9 Å². The van der Waals surface area contributed by atoms with E-state index in [4.69, 9.17) is 4.98 Å². The number of fused-ring (bicyclic) bond motifs is 1. The molecule has 2 aromatic heterocycles. The maximum absolute atomic E-state index is 4.71. The molecule has 0 spiro atoms. The summed E-state index contributed by atoms with van der Waals surface area (Å²) in [6, 6.07) is 0.619. The Morgan fingerprint density at radius 2 is 2.20 bits per heavy atom. The summed E-state index contributed by atoms with van der Waals surface area (Å²) in [6.45, 7) is 8.35. The molecular formula is C14H22N6. The molecule has 0 atom stereocenters. The van der Waals surface area contributed by atoms with Crippen LogP contribution >= 0.6 is 0 Å². The zero-order valence-electron chi connectivity index (χ0n) is 12.3. The molecule has 3 rings (SSSR count). The van der Waals surface area contributed by atoms with Crippen LogP contribution in [0.4, 0.5) is 11.8 Å². The molecule has 0 radical (unpaired) electrons. The second-order valence-electron chi connectivity index (χ2n) is 5.78. The summed E-state index contributed by atoms with van der Waals surface area (Å²) in [5, 5.41) is 3.19. The molecule has 0 amide bonds. The Morgan fingerprint density at radius 3 is 2.85 bits per heavy atom. The van der Waals surface area contributed by atoms with Gasteiger partial charge in [0.2, 0.25) is 5.95 Å². The lowest BCUT2D eigenvalue weighted by molar-refractivity contribution is 0.604. The summed E-state index contributed by atoms with van der Waals surface area (Å²) in [4.78, 5) is 19.0. The third-order valence-corrected chi connectivity index (χ3v) is 3.42. The van der Waals surface area contributed by atoms with Gasteiger partial charge in [0.25, 0.3) is 0 Å². The fourth-order valence-electron chi connectivity index (χ4n) is 2.45. The fourth-order valence-corrected chi connectivity index (χ4v) is 2.45. The monoisotopic (exact) mass is 274 g/mol. The van der Waals surface area contributed by atoms with Gasteiger partial charge in [-0.2, -0.15) is 9.97 Å². The van der Waals surface area contributed by atoms with Crippen LogP contribution in [0.1, 0.15) is 33.6 Å². The van der Waals surface area contributed by atoms with Crippen molar-refractivity contribution >= 4 is 22.9 Å². The smallest absolute Gasteiger partial charge is 0.226 e. The molecule has 2 heterocycles. The molecule has 0 saturated heterocycles. The number of hydrogen-bond acceptors (Lipinski definition) is 5. The second-order valence-corrected chi connectivity index (χ2v) is 5.78. The minimum absolute atomic E-state index is 0.603. The second kappa shape index (κ2) is 5.26. The van der Waals surface area contributed by atoms with E-state index in [-0.39, 0.29) is 0 Å². The van der Waals surface area contributed by atoms with Crippen molar-refractivity contribution in [3.8, 4) is 0 Å². The average molecular weight is 274 g/mol. The molecule has 2 N–H and O–H groups in total. The van der Waals surface area contributed by atoms with Gasteiger partial charge in [-0.1, -0.05) is 13.8 Å². The molecule has 6 heteroatoms. The van der Waals surface area contributed by atoms with Crippen LogP contribution in [0, 0.1) is 5.92 Å². The molecule has 0 aliphatic heterocycles. The minimum Gasteiger partial charge on any atom is -0.354 e. The molecule has 0 bridgehead atoms. The number of aromatic amines is 1. The van der Waals surface area contributed by atoms with E-state index >= 15 is 0 Å². The third kappa shape index (κ3) is 2.55. The number of aromatic nitrogens is 4. The van der Waals surface area contributed by atoms with Crippen LogP contribution in [0.5, 0.6) is 0 Å². The van der Waals surface area contributed by atoms with Crippen molar-refractivity contribution in [1.29, 1.82) is 0 Å². The normalized spacial score (nSPS) is 15.0. The Balaban J connectivity index is 2.04. The average Bonchev–Trinajstić information content (AvgIpc) is 3.13. The van der Waals surface area contributed by atoms with Gasteiger partial charge in [-0.25, -0.2) is 4.98 Å². The summed E-state index contributed by atoms with van der Waals surface area (Å²) in [6.07, 6.45) is 4.20. The number of nitrogens with zero attached hydrogens (tertiary/aromatic N) is 4. The molecule has 6 nitrogen and oxygen atoms in total. The maximum Gasteiger partial charge on any atom is 0.226 e. The molecule has 1 fully saturated rings. The van der Waals surface area contributed by atoms with Gasteiger partial charge in [0, 0.05) is 19.1 Å². The first kappa shape index (κ1) is 13.1. The summed E-state index contributed by atoms with van der Waals surface area (Å²) in [5.74, 6) is 2.25. The van der Waals surface area contributed by atoms with Crippen molar-refractivity contribution < 1.29 is 0 Å². The summed E-state index contributed by atoms with van der Waals surface area (Å²) < 4.78 is 0. The van der Waals surface area contributed by atoms with Gasteiger partial charge in [-0.05, 0) is 25.7 Å². The molecular weight excluding hydrogens is 252 g/mol. The van der Waals surface area contributed by atoms with E-state index < -0.39 is 0 Å². The van der Waals surface area contributed by atoms with Gasteiger partial charge in [0.1, 0.15) is 5.52 Å². The maximum atomic E-state index is 4.71. The number of rotatable bonds is 6. The summed E-state index contributed by atoms with van der Waals surface area (Å²) >= 11 is 0. The molecule has 0 unspecified atom stereocenters. The van der Waals surface area contributed by atoms with Crippen molar-refractivity contribution in [2.75, 3.05) is 23.3 Å². The molecule has 20 heavy (non-hydrogen) atoms. The van der Waals surface area contributed by atoms with E-state index in [2.05, 4.69) is 39.0 Å². The van der Waals surface area contributed by atoms with Crippen LogP contribution in [0.15, 0.2) is 6.33 Å². The molecule has 1 aliphatic rings. The largest absolute Gasteiger partial charge is 0.354 e. The number of anilines is 2. The number of H-pyrrole nitrogens is 1. The summed E-state index contributed by atoms with van der Waals surface area (Å²) in [5.41, 5.74) is 1.68. The van der Waals surface area contributed by atoms with Crippen LogP contribution in [-0.4, -0.2) is 39.1 Å². The number of nitrogens with one attached hydrogen (secondary N) is 2. The minimum atomic E-state index is 0.603. The fraction of sp³-hybridized carbons (Fsp3) is 0.643. The van der Waals surface area contributed by atoms with Crippen LogP contribution in [0.2, 0.25) is 0 Å². The van der Waals surface area contributed by atoms with Gasteiger partial charge in [-0.3, -0.25) is 0 Å². The van der Waals surface area contributed by atoms with E-state index in [0.717, 1.165) is 30.1 Å². The Labute approximate surface area is 119 Å². The van der Waals surface area contributed by atoms with E-state index in [1.165, 1.54) is 12.8 Å². The Morgan fingerprint density at radius 1 is 1.40 bits per heavy atom. The highest BCUT2D eigenvalue weighted by atomic mass is 15.3. The highest BCUT2D eigenvalue weighted by Crippen LogP contribution is 2.34. The van der Waals surface area contributed by atoms with E-state index in [1.807, 2.05) is 6.92 Å². The number of hydrogen-bond donors (Lipinski definition) is 2. The van der Waals surface area contributed by atoms with Crippen LogP contribution in [0.3, 0.4) is 0 Å². The standard InChI is InChI=1S/C14H22N6/c1-4-15-14-18-12-11(16-8-17-12)13(19-14)20(7-9(2)3)10-5-6-10/h8-10H,4-7H2,1-3H3,(H2,15,16,17,18,19). The van der Waals surface area contributed by atoms with Crippen molar-refractivity contribution in [2.24, 2.45) is 5.92 Å². The highest BCUT2D eigenvalue weighted by Gasteiger charge is 2.32.